The van der Waals surface area contributed by atoms with Crippen LogP contribution in [0.4, 0.5) is 0 Å². The molecular weight excluding hydrogens is 430 g/mol. The van der Waals surface area contributed by atoms with E-state index in [1.165, 1.54) is 15.7 Å². The van der Waals surface area contributed by atoms with E-state index in [0.717, 1.165) is 15.6 Å². The van der Waals surface area contributed by atoms with E-state index in [1.54, 1.807) is 26.4 Å². The molecule has 0 radical (unpaired) electrons. The van der Waals surface area contributed by atoms with Gasteiger partial charge < -0.3 is 9.47 Å². The summed E-state index contributed by atoms with van der Waals surface area (Å²) < 4.78 is 13.6. The van der Waals surface area contributed by atoms with Gasteiger partial charge >= 0.3 is 0 Å². The molecule has 2 aromatic heterocycles. The molecule has 2 aromatic carbocycles. The van der Waals surface area contributed by atoms with Crippen molar-refractivity contribution in [2.24, 2.45) is 0 Å². The van der Waals surface area contributed by atoms with Crippen LogP contribution in [0.3, 0.4) is 0 Å². The number of thiazole rings is 1. The molecule has 8 heteroatoms. The molecule has 0 spiro atoms. The molecular formula is C19H14BrN3O3S. The Morgan fingerprint density at radius 2 is 1.85 bits per heavy atom. The van der Waals surface area contributed by atoms with Crippen LogP contribution < -0.4 is 19.6 Å². The first-order chi connectivity index (χ1) is 13.1. The fourth-order valence-electron chi connectivity index (χ4n) is 2.76. The average molecular weight is 444 g/mol. The second kappa shape index (κ2) is 7.13. The standard InChI is InChI=1S/C19H14BrN3O3S/c1-25-14-8-7-12(9-15(14)26-2)17-21-22-19-23(17)18(24)16(27-19)10-11-5-3-4-6-13(11)20/h3-10H,1-2H3/b16-10-. The van der Waals surface area contributed by atoms with Gasteiger partial charge in [-0.1, -0.05) is 45.5 Å². The second-order valence-corrected chi connectivity index (χ2v) is 7.51. The van der Waals surface area contributed by atoms with E-state index in [1.807, 2.05) is 36.4 Å². The molecule has 4 rings (SSSR count). The summed E-state index contributed by atoms with van der Waals surface area (Å²) in [6.07, 6.45) is 1.85. The smallest absolute Gasteiger partial charge is 0.276 e. The maximum absolute atomic E-state index is 13.0. The molecule has 6 nitrogen and oxygen atoms in total. The number of hydrogen-bond donors (Lipinski definition) is 0. The van der Waals surface area contributed by atoms with Crippen LogP contribution in [0.5, 0.6) is 11.5 Å². The maximum Gasteiger partial charge on any atom is 0.276 e. The summed E-state index contributed by atoms with van der Waals surface area (Å²) in [6.45, 7) is 0. The SMILES string of the molecule is COc1ccc(-c2nnc3s/c(=C\c4ccccc4Br)c(=O)n23)cc1OC. The first-order valence-electron chi connectivity index (χ1n) is 7.99. The summed E-state index contributed by atoms with van der Waals surface area (Å²) in [4.78, 5) is 13.5. The summed E-state index contributed by atoms with van der Waals surface area (Å²) >= 11 is 4.81. The van der Waals surface area contributed by atoms with Crippen molar-refractivity contribution >= 4 is 38.3 Å². The van der Waals surface area contributed by atoms with Crippen LogP contribution in [0.25, 0.3) is 22.4 Å². The fourth-order valence-corrected chi connectivity index (χ4v) is 4.06. The van der Waals surface area contributed by atoms with Gasteiger partial charge in [-0.2, -0.15) is 0 Å². The summed E-state index contributed by atoms with van der Waals surface area (Å²) in [5.74, 6) is 1.64. The molecule has 136 valence electrons. The Balaban J connectivity index is 1.89. The van der Waals surface area contributed by atoms with Gasteiger partial charge in [0.05, 0.1) is 18.8 Å². The molecule has 0 aliphatic heterocycles. The number of ether oxygens (including phenoxy) is 2. The zero-order valence-electron chi connectivity index (χ0n) is 14.5. The van der Waals surface area contributed by atoms with E-state index in [-0.39, 0.29) is 5.56 Å². The Morgan fingerprint density at radius 3 is 2.59 bits per heavy atom. The first-order valence-corrected chi connectivity index (χ1v) is 9.60. The lowest BCUT2D eigenvalue weighted by molar-refractivity contribution is 0.355. The highest BCUT2D eigenvalue weighted by Crippen LogP contribution is 2.31. The molecule has 0 saturated carbocycles. The molecule has 2 heterocycles. The molecule has 0 fully saturated rings. The minimum Gasteiger partial charge on any atom is -0.493 e. The number of fused-ring (bicyclic) bond motifs is 1. The monoisotopic (exact) mass is 443 g/mol. The second-order valence-electron chi connectivity index (χ2n) is 5.65. The lowest BCUT2D eigenvalue weighted by Gasteiger charge is -2.08. The predicted octanol–water partition coefficient (Wildman–Crippen LogP) is 3.15. The topological polar surface area (TPSA) is 65.7 Å². The Kier molecular flexibility index (Phi) is 4.67. The van der Waals surface area contributed by atoms with Crippen molar-refractivity contribution in [1.29, 1.82) is 0 Å². The molecule has 0 N–H and O–H groups in total. The summed E-state index contributed by atoms with van der Waals surface area (Å²) in [5, 5.41) is 8.35. The lowest BCUT2D eigenvalue weighted by atomic mass is 10.2. The number of aromatic nitrogens is 3. The van der Waals surface area contributed by atoms with Crippen LogP contribution in [-0.2, 0) is 0 Å². The van der Waals surface area contributed by atoms with E-state index in [0.29, 0.717) is 26.8 Å². The number of nitrogens with zero attached hydrogens (tertiary/aromatic N) is 3. The highest BCUT2D eigenvalue weighted by atomic mass is 79.9. The summed E-state index contributed by atoms with van der Waals surface area (Å²) in [7, 11) is 3.14. The van der Waals surface area contributed by atoms with Gasteiger partial charge in [0.25, 0.3) is 5.56 Å². The minimum absolute atomic E-state index is 0.152. The van der Waals surface area contributed by atoms with Gasteiger partial charge in [0.1, 0.15) is 0 Å². The largest absolute Gasteiger partial charge is 0.493 e. The van der Waals surface area contributed by atoms with Gasteiger partial charge in [-0.25, -0.2) is 4.40 Å². The highest BCUT2D eigenvalue weighted by molar-refractivity contribution is 9.10. The molecule has 0 amide bonds. The molecule has 0 bridgehead atoms. The molecule has 4 aromatic rings. The third-order valence-corrected chi connectivity index (χ3v) is 5.76. The van der Waals surface area contributed by atoms with Gasteiger partial charge in [0.2, 0.25) is 4.96 Å². The van der Waals surface area contributed by atoms with E-state index in [4.69, 9.17) is 9.47 Å². The van der Waals surface area contributed by atoms with Crippen LogP contribution in [0, 0.1) is 0 Å². The van der Waals surface area contributed by atoms with Gasteiger partial charge in [0.15, 0.2) is 17.3 Å². The quantitative estimate of drug-likeness (QED) is 0.484. The number of halogens is 1. The molecule has 27 heavy (non-hydrogen) atoms. The van der Waals surface area contributed by atoms with Crippen molar-refractivity contribution in [3.63, 3.8) is 0 Å². The van der Waals surface area contributed by atoms with E-state index >= 15 is 0 Å². The Hall–Kier alpha value is -2.71. The third kappa shape index (κ3) is 3.11. The van der Waals surface area contributed by atoms with Crippen molar-refractivity contribution in [1.82, 2.24) is 14.6 Å². The van der Waals surface area contributed by atoms with Crippen LogP contribution in [-0.4, -0.2) is 28.8 Å². The van der Waals surface area contributed by atoms with Crippen molar-refractivity contribution in [3.8, 4) is 22.9 Å². The number of benzene rings is 2. The number of rotatable bonds is 4. The van der Waals surface area contributed by atoms with E-state index in [9.17, 15) is 4.79 Å². The van der Waals surface area contributed by atoms with Gasteiger partial charge in [-0.05, 0) is 35.9 Å². The summed E-state index contributed by atoms with van der Waals surface area (Å²) in [6, 6.07) is 13.1. The van der Waals surface area contributed by atoms with Crippen LogP contribution in [0.1, 0.15) is 5.56 Å². The number of methoxy groups -OCH3 is 2. The first kappa shape index (κ1) is 17.7. The Morgan fingerprint density at radius 1 is 1.07 bits per heavy atom. The van der Waals surface area contributed by atoms with Crippen molar-refractivity contribution in [3.05, 3.63) is 67.4 Å². The number of hydrogen-bond acceptors (Lipinski definition) is 6. The van der Waals surface area contributed by atoms with E-state index < -0.39 is 0 Å². The lowest BCUT2D eigenvalue weighted by Crippen LogP contribution is -2.23. The van der Waals surface area contributed by atoms with Crippen molar-refractivity contribution in [2.75, 3.05) is 14.2 Å². The van der Waals surface area contributed by atoms with Gasteiger partial charge in [0, 0.05) is 10.0 Å². The van der Waals surface area contributed by atoms with Crippen LogP contribution in [0.15, 0.2) is 51.7 Å². The molecule has 0 aliphatic rings. The zero-order chi connectivity index (χ0) is 19.0. The van der Waals surface area contributed by atoms with E-state index in [2.05, 4.69) is 26.1 Å². The van der Waals surface area contributed by atoms with Crippen LogP contribution in [0.2, 0.25) is 0 Å². The molecule has 0 unspecified atom stereocenters. The third-order valence-electron chi connectivity index (χ3n) is 4.08. The van der Waals surface area contributed by atoms with Crippen molar-refractivity contribution < 1.29 is 9.47 Å². The Labute approximate surface area is 166 Å². The predicted molar refractivity (Wildman–Crippen MR) is 109 cm³/mol. The maximum atomic E-state index is 13.0. The molecule has 0 aliphatic carbocycles. The van der Waals surface area contributed by atoms with Gasteiger partial charge in [-0.15, -0.1) is 10.2 Å². The van der Waals surface area contributed by atoms with Crippen LogP contribution >= 0.6 is 27.3 Å². The normalized spacial score (nSPS) is 11.9. The fraction of sp³-hybridized carbons (Fsp3) is 0.105. The average Bonchev–Trinajstić information content (AvgIpc) is 3.23. The van der Waals surface area contributed by atoms with Crippen molar-refractivity contribution in [2.45, 2.75) is 0 Å². The minimum atomic E-state index is -0.152. The highest BCUT2D eigenvalue weighted by Gasteiger charge is 2.16. The zero-order valence-corrected chi connectivity index (χ0v) is 16.9. The molecule has 0 saturated heterocycles. The Bertz CT molecular complexity index is 1250. The van der Waals surface area contributed by atoms with Gasteiger partial charge in [-0.3, -0.25) is 4.79 Å². The molecule has 0 atom stereocenters. The summed E-state index contributed by atoms with van der Waals surface area (Å²) in [5.41, 5.74) is 1.50.